The minimum absolute atomic E-state index is 0.207. The summed E-state index contributed by atoms with van der Waals surface area (Å²) in [6, 6.07) is 6.99. The summed E-state index contributed by atoms with van der Waals surface area (Å²) in [7, 11) is 0. The van der Waals surface area contributed by atoms with Gasteiger partial charge in [0.1, 0.15) is 11.9 Å². The lowest BCUT2D eigenvalue weighted by molar-refractivity contribution is -0.130. The smallest absolute Gasteiger partial charge is 0.333 e. The fourth-order valence-corrected chi connectivity index (χ4v) is 3.69. The molecule has 1 fully saturated rings. The van der Waals surface area contributed by atoms with Gasteiger partial charge in [0.05, 0.1) is 0 Å². The molecule has 1 amide bonds. The first-order valence-corrected chi connectivity index (χ1v) is 9.91. The quantitative estimate of drug-likeness (QED) is 0.651. The maximum atomic E-state index is 13.0. The van der Waals surface area contributed by atoms with Gasteiger partial charge >= 0.3 is 5.69 Å². The van der Waals surface area contributed by atoms with Crippen LogP contribution >= 0.6 is 11.6 Å². The highest BCUT2D eigenvalue weighted by Crippen LogP contribution is 2.19. The highest BCUT2D eigenvalue weighted by atomic mass is 35.5. The molecule has 9 heteroatoms. The van der Waals surface area contributed by atoms with Gasteiger partial charge in [-0.3, -0.25) is 18.7 Å². The molecule has 3 heterocycles. The SMILES string of the molecule is CCn1c(=O)n(CC(=O)N2CCCC2)c(=O)c2cnc(-c3ccc(Cl)cc3)nc21. The largest absolute Gasteiger partial charge is 0.341 e. The van der Waals surface area contributed by atoms with E-state index in [2.05, 4.69) is 9.97 Å². The van der Waals surface area contributed by atoms with Gasteiger partial charge in [-0.25, -0.2) is 14.8 Å². The maximum Gasteiger partial charge on any atom is 0.333 e. The predicted octanol–water partition coefficient (Wildman–Crippen LogP) is 1.92. The number of hydrogen-bond acceptors (Lipinski definition) is 5. The van der Waals surface area contributed by atoms with Gasteiger partial charge < -0.3 is 4.90 Å². The number of aromatic nitrogens is 4. The monoisotopic (exact) mass is 413 g/mol. The Hall–Kier alpha value is -3.00. The molecule has 2 aromatic heterocycles. The van der Waals surface area contributed by atoms with E-state index in [-0.39, 0.29) is 23.5 Å². The average Bonchev–Trinajstić information content (AvgIpc) is 3.27. The number of benzene rings is 1. The van der Waals surface area contributed by atoms with E-state index < -0.39 is 11.2 Å². The normalized spacial score (nSPS) is 13.9. The van der Waals surface area contributed by atoms with Crippen LogP contribution in [-0.2, 0) is 17.9 Å². The summed E-state index contributed by atoms with van der Waals surface area (Å²) in [5.41, 5.74) is -0.115. The first-order chi connectivity index (χ1) is 14.0. The molecule has 0 atom stereocenters. The second kappa shape index (κ2) is 7.79. The van der Waals surface area contributed by atoms with Gasteiger partial charge in [0.25, 0.3) is 5.56 Å². The van der Waals surface area contributed by atoms with E-state index in [0.29, 0.717) is 30.5 Å². The van der Waals surface area contributed by atoms with Gasteiger partial charge in [-0.2, -0.15) is 0 Å². The molecule has 0 spiro atoms. The third kappa shape index (κ3) is 3.55. The Kier molecular flexibility index (Phi) is 5.19. The van der Waals surface area contributed by atoms with E-state index >= 15 is 0 Å². The molecule has 150 valence electrons. The molecule has 1 saturated heterocycles. The minimum Gasteiger partial charge on any atom is -0.341 e. The van der Waals surface area contributed by atoms with Crippen LogP contribution < -0.4 is 11.2 Å². The molecule has 0 N–H and O–H groups in total. The Labute approximate surface area is 171 Å². The molecule has 0 bridgehead atoms. The van der Waals surface area contributed by atoms with Crippen molar-refractivity contribution in [2.75, 3.05) is 13.1 Å². The highest BCUT2D eigenvalue weighted by Gasteiger charge is 2.22. The van der Waals surface area contributed by atoms with Gasteiger partial charge in [-0.15, -0.1) is 0 Å². The Morgan fingerprint density at radius 3 is 2.45 bits per heavy atom. The van der Waals surface area contributed by atoms with Gasteiger partial charge in [0, 0.05) is 36.4 Å². The molecule has 8 nitrogen and oxygen atoms in total. The molecule has 29 heavy (non-hydrogen) atoms. The van der Waals surface area contributed by atoms with Crippen molar-refractivity contribution in [2.45, 2.75) is 32.9 Å². The summed E-state index contributed by atoms with van der Waals surface area (Å²) in [4.78, 5) is 48.8. The number of aryl methyl sites for hydroxylation is 1. The van der Waals surface area contributed by atoms with Crippen LogP contribution in [0, 0.1) is 0 Å². The lowest BCUT2D eigenvalue weighted by Gasteiger charge is -2.17. The van der Waals surface area contributed by atoms with Crippen LogP contribution in [0.2, 0.25) is 5.02 Å². The molecule has 1 aliphatic rings. The summed E-state index contributed by atoms with van der Waals surface area (Å²) in [6.07, 6.45) is 3.30. The van der Waals surface area contributed by atoms with Crippen LogP contribution in [0.25, 0.3) is 22.4 Å². The Balaban J connectivity index is 1.82. The predicted molar refractivity (Wildman–Crippen MR) is 110 cm³/mol. The van der Waals surface area contributed by atoms with Crippen LogP contribution in [0.1, 0.15) is 19.8 Å². The van der Waals surface area contributed by atoms with Crippen molar-refractivity contribution in [3.05, 3.63) is 56.3 Å². The molecule has 1 aliphatic heterocycles. The van der Waals surface area contributed by atoms with E-state index in [1.54, 1.807) is 36.1 Å². The summed E-state index contributed by atoms with van der Waals surface area (Å²) in [5.74, 6) is 0.170. The van der Waals surface area contributed by atoms with E-state index in [1.807, 2.05) is 0 Å². The zero-order valence-corrected chi connectivity index (χ0v) is 16.7. The number of nitrogens with zero attached hydrogens (tertiary/aromatic N) is 5. The minimum atomic E-state index is -0.551. The summed E-state index contributed by atoms with van der Waals surface area (Å²) in [5, 5.41) is 0.795. The standard InChI is InChI=1S/C20H20ClN5O3/c1-2-25-18-15(11-22-17(23-18)13-5-7-14(21)8-6-13)19(28)26(20(25)29)12-16(27)24-9-3-4-10-24/h5-8,11H,2-4,9-10,12H2,1H3. The van der Waals surface area contributed by atoms with E-state index in [9.17, 15) is 14.4 Å². The Morgan fingerprint density at radius 1 is 1.10 bits per heavy atom. The van der Waals surface area contributed by atoms with Gasteiger partial charge in [-0.1, -0.05) is 11.6 Å². The summed E-state index contributed by atoms with van der Waals surface area (Å²) >= 11 is 5.93. The lowest BCUT2D eigenvalue weighted by atomic mass is 10.2. The second-order valence-electron chi connectivity index (χ2n) is 6.94. The fourth-order valence-electron chi connectivity index (χ4n) is 3.56. The first kappa shape index (κ1) is 19.3. The number of hydrogen-bond donors (Lipinski definition) is 0. The van der Waals surface area contributed by atoms with Crippen LogP contribution in [0.15, 0.2) is 40.1 Å². The van der Waals surface area contributed by atoms with E-state index in [1.165, 1.54) is 10.8 Å². The van der Waals surface area contributed by atoms with Gasteiger partial charge in [0.2, 0.25) is 5.91 Å². The number of amides is 1. The molecule has 1 aromatic carbocycles. The Morgan fingerprint density at radius 2 is 1.79 bits per heavy atom. The van der Waals surface area contributed by atoms with Crippen molar-refractivity contribution >= 4 is 28.5 Å². The number of likely N-dealkylation sites (tertiary alicyclic amines) is 1. The van der Waals surface area contributed by atoms with E-state index in [0.717, 1.165) is 23.0 Å². The van der Waals surface area contributed by atoms with Crippen molar-refractivity contribution in [1.29, 1.82) is 0 Å². The van der Waals surface area contributed by atoms with Crippen LogP contribution in [0.3, 0.4) is 0 Å². The second-order valence-corrected chi connectivity index (χ2v) is 7.38. The van der Waals surface area contributed by atoms with Crippen molar-refractivity contribution in [3.63, 3.8) is 0 Å². The van der Waals surface area contributed by atoms with Gasteiger partial charge in [0.15, 0.2) is 11.5 Å². The molecule has 4 rings (SSSR count). The topological polar surface area (TPSA) is 90.1 Å². The third-order valence-electron chi connectivity index (χ3n) is 5.13. The number of rotatable bonds is 4. The van der Waals surface area contributed by atoms with Crippen molar-refractivity contribution in [2.24, 2.45) is 0 Å². The molecular formula is C20H20ClN5O3. The number of halogens is 1. The van der Waals surface area contributed by atoms with Crippen molar-refractivity contribution in [1.82, 2.24) is 24.0 Å². The summed E-state index contributed by atoms with van der Waals surface area (Å²) in [6.45, 7) is 3.16. The average molecular weight is 414 g/mol. The molecule has 0 unspecified atom stereocenters. The van der Waals surface area contributed by atoms with Gasteiger partial charge in [-0.05, 0) is 44.0 Å². The van der Waals surface area contributed by atoms with Crippen LogP contribution in [0.5, 0.6) is 0 Å². The molecule has 3 aromatic rings. The van der Waals surface area contributed by atoms with E-state index in [4.69, 9.17) is 11.6 Å². The maximum absolute atomic E-state index is 13.0. The van der Waals surface area contributed by atoms with Crippen LogP contribution in [0.4, 0.5) is 0 Å². The summed E-state index contributed by atoms with van der Waals surface area (Å²) < 4.78 is 2.38. The highest BCUT2D eigenvalue weighted by molar-refractivity contribution is 6.30. The lowest BCUT2D eigenvalue weighted by Crippen LogP contribution is -2.44. The first-order valence-electron chi connectivity index (χ1n) is 9.53. The molecule has 0 aliphatic carbocycles. The fraction of sp³-hybridized carbons (Fsp3) is 0.350. The number of carbonyl (C=O) groups is 1. The zero-order chi connectivity index (χ0) is 20.5. The zero-order valence-electron chi connectivity index (χ0n) is 16.0. The molecule has 0 radical (unpaired) electrons. The van der Waals surface area contributed by atoms with Crippen LogP contribution in [-0.4, -0.2) is 43.0 Å². The Bertz CT molecular complexity index is 1190. The molecule has 0 saturated carbocycles. The number of carbonyl (C=O) groups excluding carboxylic acids is 1. The molecular weight excluding hydrogens is 394 g/mol. The van der Waals surface area contributed by atoms with Crippen molar-refractivity contribution in [3.8, 4) is 11.4 Å². The third-order valence-corrected chi connectivity index (χ3v) is 5.38. The number of fused-ring (bicyclic) bond motifs is 1. The van der Waals surface area contributed by atoms with Crippen molar-refractivity contribution < 1.29 is 4.79 Å².